The van der Waals surface area contributed by atoms with Gasteiger partial charge in [0.15, 0.2) is 5.78 Å². The minimum atomic E-state index is 0.00871. The molecule has 0 atom stereocenters. The molecule has 5 rings (SSSR count). The van der Waals surface area contributed by atoms with E-state index in [2.05, 4.69) is 0 Å². The average Bonchev–Trinajstić information content (AvgIpc) is 3.01. The van der Waals surface area contributed by atoms with Crippen LogP contribution in [-0.4, -0.2) is 15.9 Å². The maximum atomic E-state index is 13.1. The van der Waals surface area contributed by atoms with Crippen LogP contribution in [-0.2, 0) is 0 Å². The van der Waals surface area contributed by atoms with E-state index in [4.69, 9.17) is 4.98 Å². The van der Waals surface area contributed by atoms with Crippen molar-refractivity contribution in [3.63, 3.8) is 0 Å². The molecule has 3 aromatic carbocycles. The van der Waals surface area contributed by atoms with E-state index in [1.54, 1.807) is 18.2 Å². The summed E-state index contributed by atoms with van der Waals surface area (Å²) in [5.41, 5.74) is 6.27. The Kier molecular flexibility index (Phi) is 3.41. The van der Waals surface area contributed by atoms with Crippen LogP contribution in [0, 0.1) is 0 Å². The van der Waals surface area contributed by atoms with Crippen molar-refractivity contribution in [2.24, 2.45) is 0 Å². The van der Waals surface area contributed by atoms with E-state index in [1.165, 1.54) is 0 Å². The minimum Gasteiger partial charge on any atom is -0.508 e. The van der Waals surface area contributed by atoms with Crippen molar-refractivity contribution in [3.8, 4) is 39.4 Å². The van der Waals surface area contributed by atoms with Gasteiger partial charge in [0.05, 0.1) is 17.0 Å². The molecule has 0 bridgehead atoms. The van der Waals surface area contributed by atoms with Crippen molar-refractivity contribution in [1.82, 2.24) is 4.98 Å². The van der Waals surface area contributed by atoms with Crippen LogP contribution in [0.2, 0.25) is 0 Å². The summed E-state index contributed by atoms with van der Waals surface area (Å²) < 4.78 is 0. The third-order valence-electron chi connectivity index (χ3n) is 4.90. The van der Waals surface area contributed by atoms with Gasteiger partial charge in [0, 0.05) is 16.7 Å². The predicted octanol–water partition coefficient (Wildman–Crippen LogP) is 5.33. The van der Waals surface area contributed by atoms with E-state index < -0.39 is 0 Å². The Morgan fingerprint density at radius 2 is 1.37 bits per heavy atom. The molecule has 1 aliphatic rings. The second-order valence-electron chi connectivity index (χ2n) is 6.57. The summed E-state index contributed by atoms with van der Waals surface area (Å²) in [5.74, 6) is 0.196. The van der Waals surface area contributed by atoms with Gasteiger partial charge in [-0.15, -0.1) is 0 Å². The van der Waals surface area contributed by atoms with Crippen LogP contribution in [0.15, 0.2) is 84.9 Å². The lowest BCUT2D eigenvalue weighted by Crippen LogP contribution is -2.00. The van der Waals surface area contributed by atoms with E-state index in [-0.39, 0.29) is 11.5 Å². The molecule has 0 radical (unpaired) electrons. The lowest BCUT2D eigenvalue weighted by molar-refractivity contribution is 0.104. The Morgan fingerprint density at radius 3 is 2.15 bits per heavy atom. The fraction of sp³-hybridized carbons (Fsp3) is 0. The van der Waals surface area contributed by atoms with Gasteiger partial charge in [0.25, 0.3) is 0 Å². The van der Waals surface area contributed by atoms with Crippen molar-refractivity contribution >= 4 is 5.78 Å². The van der Waals surface area contributed by atoms with Crippen LogP contribution in [0.5, 0.6) is 5.75 Å². The number of aromatic hydroxyl groups is 1. The smallest absolute Gasteiger partial charge is 0.196 e. The van der Waals surface area contributed by atoms with Crippen LogP contribution in [0.25, 0.3) is 33.6 Å². The molecule has 0 saturated heterocycles. The van der Waals surface area contributed by atoms with Crippen LogP contribution in [0.3, 0.4) is 0 Å². The van der Waals surface area contributed by atoms with Crippen LogP contribution in [0.1, 0.15) is 15.9 Å². The number of fused-ring (bicyclic) bond motifs is 3. The number of hydrogen-bond acceptors (Lipinski definition) is 3. The van der Waals surface area contributed by atoms with Crippen molar-refractivity contribution in [2.75, 3.05) is 0 Å². The highest BCUT2D eigenvalue weighted by Crippen LogP contribution is 2.42. The van der Waals surface area contributed by atoms with E-state index in [0.717, 1.165) is 27.9 Å². The standard InChI is InChI=1S/C24H15NO2/c26-17-10-6-9-16(13-17)21-14-20(15-7-2-1-3-8-15)22-23(25-21)18-11-4-5-12-19(18)24(22)27/h1-14,26H. The summed E-state index contributed by atoms with van der Waals surface area (Å²) in [4.78, 5) is 17.9. The molecule has 0 amide bonds. The number of pyridine rings is 1. The highest BCUT2D eigenvalue weighted by molar-refractivity contribution is 6.24. The average molecular weight is 349 g/mol. The molecule has 4 aromatic rings. The zero-order valence-electron chi connectivity index (χ0n) is 14.4. The Hall–Kier alpha value is -3.72. The minimum absolute atomic E-state index is 0.00871. The SMILES string of the molecule is O=C1c2ccccc2-c2nc(-c3cccc(O)c3)cc(-c3ccccc3)c21. The highest BCUT2D eigenvalue weighted by atomic mass is 16.3. The maximum absolute atomic E-state index is 13.1. The van der Waals surface area contributed by atoms with Gasteiger partial charge < -0.3 is 5.11 Å². The number of aromatic nitrogens is 1. The molecule has 0 aliphatic heterocycles. The van der Waals surface area contributed by atoms with Crippen molar-refractivity contribution in [1.29, 1.82) is 0 Å². The first-order valence-corrected chi connectivity index (χ1v) is 8.76. The molecule has 3 heteroatoms. The van der Waals surface area contributed by atoms with Gasteiger partial charge in [-0.25, -0.2) is 4.98 Å². The highest BCUT2D eigenvalue weighted by Gasteiger charge is 2.31. The maximum Gasteiger partial charge on any atom is 0.196 e. The molecule has 0 fully saturated rings. The van der Waals surface area contributed by atoms with Crippen LogP contribution in [0.4, 0.5) is 0 Å². The summed E-state index contributed by atoms with van der Waals surface area (Å²) in [7, 11) is 0. The topological polar surface area (TPSA) is 50.2 Å². The first-order valence-electron chi connectivity index (χ1n) is 8.76. The quantitative estimate of drug-likeness (QED) is 0.468. The summed E-state index contributed by atoms with van der Waals surface area (Å²) in [6, 6.07) is 26.4. The zero-order chi connectivity index (χ0) is 18.4. The molecular weight excluding hydrogens is 334 g/mol. The van der Waals surface area contributed by atoms with Gasteiger partial charge in [-0.2, -0.15) is 0 Å². The third-order valence-corrected chi connectivity index (χ3v) is 4.90. The monoisotopic (exact) mass is 349 g/mol. The first-order chi connectivity index (χ1) is 13.2. The number of ketones is 1. The third kappa shape index (κ3) is 2.44. The summed E-state index contributed by atoms with van der Waals surface area (Å²) >= 11 is 0. The number of hydrogen-bond donors (Lipinski definition) is 1. The second-order valence-corrected chi connectivity index (χ2v) is 6.57. The molecule has 0 unspecified atom stereocenters. The lowest BCUT2D eigenvalue weighted by atomic mass is 9.96. The number of rotatable bonds is 2. The van der Waals surface area contributed by atoms with Gasteiger partial charge in [0.1, 0.15) is 5.75 Å². The zero-order valence-corrected chi connectivity index (χ0v) is 14.4. The first kappa shape index (κ1) is 15.5. The van der Waals surface area contributed by atoms with E-state index in [9.17, 15) is 9.90 Å². The summed E-state index contributed by atoms with van der Waals surface area (Å²) in [6.45, 7) is 0. The van der Waals surface area contributed by atoms with Gasteiger partial charge in [-0.05, 0) is 29.3 Å². The number of carbonyl (C=O) groups is 1. The van der Waals surface area contributed by atoms with Gasteiger partial charge in [0.2, 0.25) is 0 Å². The Balaban J connectivity index is 1.84. The molecule has 27 heavy (non-hydrogen) atoms. The summed E-state index contributed by atoms with van der Waals surface area (Å²) in [5, 5.41) is 9.87. The number of phenols is 1. The molecule has 1 heterocycles. The van der Waals surface area contributed by atoms with Gasteiger partial charge in [-0.3, -0.25) is 4.79 Å². The molecule has 1 N–H and O–H groups in total. The number of nitrogens with zero attached hydrogens (tertiary/aromatic N) is 1. The Bertz CT molecular complexity index is 1200. The number of benzene rings is 3. The van der Waals surface area contributed by atoms with E-state index in [1.807, 2.05) is 66.7 Å². The van der Waals surface area contributed by atoms with Crippen molar-refractivity contribution < 1.29 is 9.90 Å². The van der Waals surface area contributed by atoms with Crippen LogP contribution < -0.4 is 0 Å². The van der Waals surface area contributed by atoms with Crippen molar-refractivity contribution in [3.05, 3.63) is 96.1 Å². The molecular formula is C24H15NO2. The molecule has 0 saturated carbocycles. The van der Waals surface area contributed by atoms with E-state index >= 15 is 0 Å². The summed E-state index contributed by atoms with van der Waals surface area (Å²) in [6.07, 6.45) is 0. The van der Waals surface area contributed by atoms with Crippen molar-refractivity contribution in [2.45, 2.75) is 0 Å². The van der Waals surface area contributed by atoms with Gasteiger partial charge in [-0.1, -0.05) is 66.7 Å². The molecule has 1 aromatic heterocycles. The van der Waals surface area contributed by atoms with Gasteiger partial charge >= 0.3 is 0 Å². The fourth-order valence-corrected chi connectivity index (χ4v) is 3.65. The fourth-order valence-electron chi connectivity index (χ4n) is 3.65. The molecule has 3 nitrogen and oxygen atoms in total. The lowest BCUT2D eigenvalue weighted by Gasteiger charge is -2.11. The second kappa shape index (κ2) is 5.92. The number of phenolic OH excluding ortho intramolecular Hbond substituents is 1. The normalized spacial score (nSPS) is 11.9. The molecule has 128 valence electrons. The number of carbonyl (C=O) groups excluding carboxylic acids is 1. The van der Waals surface area contributed by atoms with Crippen LogP contribution >= 0.6 is 0 Å². The Labute approximate surface area is 156 Å². The predicted molar refractivity (Wildman–Crippen MR) is 106 cm³/mol. The largest absolute Gasteiger partial charge is 0.508 e. The van der Waals surface area contributed by atoms with E-state index in [0.29, 0.717) is 16.8 Å². The molecule has 1 aliphatic carbocycles. The molecule has 0 spiro atoms. The Morgan fingerprint density at radius 1 is 0.667 bits per heavy atom.